The van der Waals surface area contributed by atoms with Crippen LogP contribution < -0.4 is 9.64 Å². The van der Waals surface area contributed by atoms with Crippen LogP contribution >= 0.6 is 0 Å². The molecule has 0 spiro atoms. The van der Waals surface area contributed by atoms with E-state index in [2.05, 4.69) is 20.7 Å². The molecule has 1 saturated carbocycles. The summed E-state index contributed by atoms with van der Waals surface area (Å²) in [5.74, 6) is 1.19. The molecule has 274 valence electrons. The van der Waals surface area contributed by atoms with Crippen molar-refractivity contribution in [1.82, 2.24) is 19.9 Å². The van der Waals surface area contributed by atoms with Gasteiger partial charge in [0.05, 0.1) is 37.4 Å². The van der Waals surface area contributed by atoms with Crippen molar-refractivity contribution in [2.45, 2.75) is 64.2 Å². The van der Waals surface area contributed by atoms with Crippen LogP contribution in [0.15, 0.2) is 30.5 Å². The summed E-state index contributed by atoms with van der Waals surface area (Å²) in [6.07, 6.45) is 13.4. The second kappa shape index (κ2) is 14.0. The largest absolute Gasteiger partial charge is 0.508 e. The van der Waals surface area contributed by atoms with Gasteiger partial charge in [0.15, 0.2) is 11.6 Å². The summed E-state index contributed by atoms with van der Waals surface area (Å²) in [5, 5.41) is 11.8. The Kier molecular flexibility index (Phi) is 9.40. The first kappa shape index (κ1) is 34.9. The fourth-order valence-electron chi connectivity index (χ4n) is 8.83. The molecular weight excluding hydrogens is 668 g/mol. The minimum Gasteiger partial charge on any atom is -0.508 e. The molecule has 5 heterocycles. The second-order valence-corrected chi connectivity index (χ2v) is 15.2. The summed E-state index contributed by atoms with van der Waals surface area (Å²) < 4.78 is 56.2. The zero-order valence-corrected chi connectivity index (χ0v) is 29.8. The maximum absolute atomic E-state index is 17.0. The molecule has 12 heteroatoms. The highest BCUT2D eigenvalue weighted by Crippen LogP contribution is 2.48. The van der Waals surface area contributed by atoms with Gasteiger partial charge in [0, 0.05) is 60.8 Å². The highest BCUT2D eigenvalue weighted by molar-refractivity contribution is 6.03. The van der Waals surface area contributed by atoms with Gasteiger partial charge in [-0.15, -0.1) is 6.42 Å². The molecule has 4 aromatic rings. The first-order chi connectivity index (χ1) is 25.1. The Labute approximate surface area is 302 Å². The van der Waals surface area contributed by atoms with Crippen LogP contribution in [0.1, 0.15) is 57.9 Å². The van der Waals surface area contributed by atoms with Gasteiger partial charge in [-0.25, -0.2) is 8.78 Å². The van der Waals surface area contributed by atoms with E-state index in [1.54, 1.807) is 0 Å². The Balaban J connectivity index is 1.16. The number of piperidine rings is 1. The van der Waals surface area contributed by atoms with Crippen molar-refractivity contribution in [2.75, 3.05) is 64.1 Å². The molecule has 3 saturated heterocycles. The molecule has 8 rings (SSSR count). The second-order valence-electron chi connectivity index (χ2n) is 15.2. The lowest BCUT2D eigenvalue weighted by Crippen LogP contribution is -2.54. The van der Waals surface area contributed by atoms with Gasteiger partial charge >= 0.3 is 6.01 Å². The van der Waals surface area contributed by atoms with Crippen LogP contribution in [0.5, 0.6) is 11.8 Å². The predicted molar refractivity (Wildman–Crippen MR) is 193 cm³/mol. The van der Waals surface area contributed by atoms with Crippen molar-refractivity contribution in [1.29, 1.82) is 0 Å². The number of anilines is 1. The average Bonchev–Trinajstić information content (AvgIpc) is 3.39. The molecule has 2 aromatic carbocycles. The molecule has 4 aliphatic rings. The number of ether oxygens (including phenoxy) is 4. The number of rotatable bonds is 7. The quantitative estimate of drug-likeness (QED) is 0.215. The Morgan fingerprint density at radius 3 is 2.69 bits per heavy atom. The van der Waals surface area contributed by atoms with Crippen LogP contribution in [0.2, 0.25) is 0 Å². The number of phenolic OH excluding ortho intramolecular Hbond substituents is 1. The minimum atomic E-state index is -0.739. The predicted octanol–water partition coefficient (Wildman–Crippen LogP) is 6.45. The first-order valence-corrected chi connectivity index (χ1v) is 18.4. The topological polar surface area (TPSA) is 102 Å². The lowest BCUT2D eigenvalue weighted by molar-refractivity contribution is -0.264. The Morgan fingerprint density at radius 2 is 1.87 bits per heavy atom. The molecular formula is C40H45F2N5O5. The van der Waals surface area contributed by atoms with E-state index in [0.717, 1.165) is 51.6 Å². The number of pyridine rings is 1. The van der Waals surface area contributed by atoms with Crippen molar-refractivity contribution in [2.24, 2.45) is 11.3 Å². The summed E-state index contributed by atoms with van der Waals surface area (Å²) in [5.41, 5.74) is -0.0379. The van der Waals surface area contributed by atoms with Crippen LogP contribution in [0.4, 0.5) is 14.6 Å². The fourth-order valence-corrected chi connectivity index (χ4v) is 8.83. The van der Waals surface area contributed by atoms with Gasteiger partial charge in [-0.2, -0.15) is 9.97 Å². The SMILES string of the molecule is C#Cc1c(F)ccc2cc(O)cc(-c3ncc4c(N5CCCOCC5)nc(OC[C@]56CCC[C@H]5N(CC5COC(C)(C)OC5)CCC6)nc4c3F)c12. The van der Waals surface area contributed by atoms with Crippen molar-refractivity contribution in [3.05, 3.63) is 47.7 Å². The Morgan fingerprint density at radius 1 is 1.04 bits per heavy atom. The van der Waals surface area contributed by atoms with E-state index in [9.17, 15) is 9.50 Å². The number of nitrogens with zero attached hydrogens (tertiary/aromatic N) is 5. The smallest absolute Gasteiger partial charge is 0.319 e. The molecule has 0 amide bonds. The van der Waals surface area contributed by atoms with Crippen LogP contribution in [0, 0.1) is 35.3 Å². The third kappa shape index (κ3) is 6.53. The zero-order chi connectivity index (χ0) is 36.0. The van der Waals surface area contributed by atoms with Crippen molar-refractivity contribution < 1.29 is 32.8 Å². The number of aromatic hydroxyl groups is 1. The molecule has 0 bridgehead atoms. The standard InChI is InChI=1S/C40H45F2N5O5/c1-4-28-31(41)10-9-26-18-27(48)19-29(33(26)28)35-34(42)36-30(20-43-35)37(46-14-7-16-49-17-15-46)45-38(44-36)50-24-40-11-5-8-32(40)47(13-6-12-40)21-25-22-51-39(2,3)52-23-25/h1,9-10,18-20,25,32,48H,5-8,11-17,21-24H2,2-3H3/t32-,40-/m1/s1. The highest BCUT2D eigenvalue weighted by atomic mass is 19.1. The van der Waals surface area contributed by atoms with Crippen LogP contribution in [0.3, 0.4) is 0 Å². The molecule has 1 aliphatic carbocycles. The summed E-state index contributed by atoms with van der Waals surface area (Å²) in [6, 6.07) is 5.99. The number of phenols is 1. The van der Waals surface area contributed by atoms with E-state index in [-0.39, 0.29) is 44.9 Å². The first-order valence-electron chi connectivity index (χ1n) is 18.4. The lowest BCUT2D eigenvalue weighted by Gasteiger charge is -2.48. The molecule has 0 unspecified atom stereocenters. The lowest BCUT2D eigenvalue weighted by atomic mass is 9.75. The molecule has 3 aliphatic heterocycles. The summed E-state index contributed by atoms with van der Waals surface area (Å²) >= 11 is 0. The van der Waals surface area contributed by atoms with E-state index < -0.39 is 17.4 Å². The zero-order valence-electron chi connectivity index (χ0n) is 29.8. The minimum absolute atomic E-state index is 0.0243. The van der Waals surface area contributed by atoms with Gasteiger partial charge in [0.25, 0.3) is 0 Å². The molecule has 0 radical (unpaired) electrons. The van der Waals surface area contributed by atoms with Gasteiger partial charge in [-0.1, -0.05) is 18.4 Å². The van der Waals surface area contributed by atoms with Crippen LogP contribution in [-0.4, -0.2) is 96.0 Å². The third-order valence-corrected chi connectivity index (χ3v) is 11.4. The average molecular weight is 714 g/mol. The van der Waals surface area contributed by atoms with Gasteiger partial charge < -0.3 is 29.0 Å². The van der Waals surface area contributed by atoms with Gasteiger partial charge in [0.2, 0.25) is 0 Å². The summed E-state index contributed by atoms with van der Waals surface area (Å²) in [7, 11) is 0. The third-order valence-electron chi connectivity index (χ3n) is 11.4. The van der Waals surface area contributed by atoms with E-state index in [1.165, 1.54) is 30.5 Å². The van der Waals surface area contributed by atoms with Crippen molar-refractivity contribution >= 4 is 27.5 Å². The molecule has 10 nitrogen and oxygen atoms in total. The molecule has 4 fully saturated rings. The molecule has 2 aromatic heterocycles. The number of benzene rings is 2. The van der Waals surface area contributed by atoms with E-state index in [0.29, 0.717) is 74.7 Å². The molecule has 2 atom stereocenters. The van der Waals surface area contributed by atoms with Crippen LogP contribution in [0.25, 0.3) is 32.9 Å². The number of halogens is 2. The number of hydrogen-bond donors (Lipinski definition) is 1. The highest BCUT2D eigenvalue weighted by Gasteiger charge is 2.49. The Bertz CT molecular complexity index is 2020. The van der Waals surface area contributed by atoms with E-state index >= 15 is 4.39 Å². The summed E-state index contributed by atoms with van der Waals surface area (Å²) in [4.78, 5) is 18.8. The maximum atomic E-state index is 17.0. The monoisotopic (exact) mass is 713 g/mol. The van der Waals surface area contributed by atoms with E-state index in [1.807, 2.05) is 13.8 Å². The number of fused-ring (bicyclic) bond motifs is 3. The van der Waals surface area contributed by atoms with Crippen LogP contribution in [-0.2, 0) is 14.2 Å². The summed E-state index contributed by atoms with van der Waals surface area (Å²) in [6.45, 7) is 9.94. The number of terminal acetylenes is 1. The molecule has 1 N–H and O–H groups in total. The number of hydrogen-bond acceptors (Lipinski definition) is 10. The number of likely N-dealkylation sites (tertiary alicyclic amines) is 1. The molecule has 52 heavy (non-hydrogen) atoms. The fraction of sp³-hybridized carbons (Fsp3) is 0.525. The van der Waals surface area contributed by atoms with Gasteiger partial charge in [-0.3, -0.25) is 9.88 Å². The number of aromatic nitrogens is 3. The maximum Gasteiger partial charge on any atom is 0.319 e. The van der Waals surface area contributed by atoms with Gasteiger partial charge in [-0.05, 0) is 76.1 Å². The van der Waals surface area contributed by atoms with E-state index in [4.69, 9.17) is 35.3 Å². The normalized spacial score (nSPS) is 24.1. The van der Waals surface area contributed by atoms with Gasteiger partial charge in [0.1, 0.15) is 28.6 Å². The van der Waals surface area contributed by atoms with Crippen molar-refractivity contribution in [3.8, 4) is 35.4 Å². The van der Waals surface area contributed by atoms with Crippen molar-refractivity contribution in [3.63, 3.8) is 0 Å². The Hall–Kier alpha value is -4.15.